The number of likely N-dealkylation sites (tertiary alicyclic amines) is 1. The number of carbonyl (C=O) groups excluding carboxylic acids is 1. The van der Waals surface area contributed by atoms with E-state index in [0.29, 0.717) is 29.5 Å². The van der Waals surface area contributed by atoms with Gasteiger partial charge in [-0.1, -0.05) is 40.0 Å². The van der Waals surface area contributed by atoms with Crippen LogP contribution in [0.3, 0.4) is 0 Å². The van der Waals surface area contributed by atoms with Gasteiger partial charge in [0.15, 0.2) is 5.82 Å². The van der Waals surface area contributed by atoms with Gasteiger partial charge in [-0.25, -0.2) is 0 Å². The van der Waals surface area contributed by atoms with Crippen LogP contribution >= 0.6 is 11.5 Å². The molecule has 1 amide bonds. The first kappa shape index (κ1) is 14.9. The zero-order valence-electron chi connectivity index (χ0n) is 13.0. The largest absolute Gasteiger partial charge is 0.343 e. The summed E-state index contributed by atoms with van der Waals surface area (Å²) in [4.78, 5) is 19.5. The standard InChI is InChI=1S/C16H15N5O2S/c1-10-14(24-20-18-10)16(22)21-7-12(11-5-3-2-4-6-11)13(8-21)15-17-9-23-19-15/h2-6,9,12-13H,7-8H2,1H3/t12-,13-/m0/s1. The van der Waals surface area contributed by atoms with E-state index in [-0.39, 0.29) is 17.7 Å². The van der Waals surface area contributed by atoms with Gasteiger partial charge in [0.1, 0.15) is 4.88 Å². The van der Waals surface area contributed by atoms with Crippen molar-refractivity contribution in [1.29, 1.82) is 0 Å². The molecule has 7 nitrogen and oxygen atoms in total. The van der Waals surface area contributed by atoms with Gasteiger partial charge in [0.25, 0.3) is 5.91 Å². The van der Waals surface area contributed by atoms with Crippen molar-refractivity contribution in [2.75, 3.05) is 13.1 Å². The van der Waals surface area contributed by atoms with Crippen molar-refractivity contribution in [2.45, 2.75) is 18.8 Å². The number of aromatic nitrogens is 4. The summed E-state index contributed by atoms with van der Waals surface area (Å²) in [6.45, 7) is 2.97. The fraction of sp³-hybridized carbons (Fsp3) is 0.312. The van der Waals surface area contributed by atoms with E-state index >= 15 is 0 Å². The van der Waals surface area contributed by atoms with Gasteiger partial charge in [-0.15, -0.1) is 5.10 Å². The molecule has 0 N–H and O–H groups in total. The van der Waals surface area contributed by atoms with Crippen LogP contribution < -0.4 is 0 Å². The third-order valence-electron chi connectivity index (χ3n) is 4.39. The minimum absolute atomic E-state index is 0.0105. The third kappa shape index (κ3) is 2.58. The molecule has 8 heteroatoms. The van der Waals surface area contributed by atoms with E-state index in [2.05, 4.69) is 31.9 Å². The van der Waals surface area contributed by atoms with Crippen molar-refractivity contribution in [3.05, 3.63) is 58.7 Å². The predicted octanol–water partition coefficient (Wildman–Crippen LogP) is 2.25. The average molecular weight is 341 g/mol. The lowest BCUT2D eigenvalue weighted by Gasteiger charge is -2.15. The summed E-state index contributed by atoms with van der Waals surface area (Å²) in [6.07, 6.45) is 1.33. The van der Waals surface area contributed by atoms with Crippen LogP contribution in [0.2, 0.25) is 0 Å². The highest BCUT2D eigenvalue weighted by Crippen LogP contribution is 2.39. The Morgan fingerprint density at radius 1 is 1.25 bits per heavy atom. The normalized spacial score (nSPS) is 20.5. The summed E-state index contributed by atoms with van der Waals surface area (Å²) in [5.74, 6) is 0.748. The van der Waals surface area contributed by atoms with E-state index in [1.807, 2.05) is 23.1 Å². The first-order chi connectivity index (χ1) is 11.7. The fourth-order valence-corrected chi connectivity index (χ4v) is 3.81. The van der Waals surface area contributed by atoms with Crippen LogP contribution in [0.25, 0.3) is 0 Å². The average Bonchev–Trinajstić information content (AvgIpc) is 3.35. The molecule has 1 aliphatic heterocycles. The van der Waals surface area contributed by atoms with Crippen molar-refractivity contribution in [2.24, 2.45) is 0 Å². The molecule has 0 aliphatic carbocycles. The Morgan fingerprint density at radius 3 is 2.71 bits per heavy atom. The molecule has 0 unspecified atom stereocenters. The third-order valence-corrected chi connectivity index (χ3v) is 5.21. The van der Waals surface area contributed by atoms with E-state index in [4.69, 9.17) is 4.52 Å². The highest BCUT2D eigenvalue weighted by molar-refractivity contribution is 7.07. The highest BCUT2D eigenvalue weighted by Gasteiger charge is 2.40. The first-order valence-corrected chi connectivity index (χ1v) is 8.41. The lowest BCUT2D eigenvalue weighted by atomic mass is 9.88. The van der Waals surface area contributed by atoms with Crippen molar-refractivity contribution < 1.29 is 9.32 Å². The molecule has 3 aromatic rings. The molecule has 0 saturated carbocycles. The van der Waals surface area contributed by atoms with Crippen LogP contribution in [0, 0.1) is 6.92 Å². The van der Waals surface area contributed by atoms with Gasteiger partial charge in [0.05, 0.1) is 5.69 Å². The van der Waals surface area contributed by atoms with Crippen LogP contribution in [0.1, 0.15) is 38.6 Å². The van der Waals surface area contributed by atoms with Gasteiger partial charge in [0, 0.05) is 24.9 Å². The van der Waals surface area contributed by atoms with E-state index < -0.39 is 0 Å². The predicted molar refractivity (Wildman–Crippen MR) is 86.8 cm³/mol. The van der Waals surface area contributed by atoms with Gasteiger partial charge in [-0.3, -0.25) is 4.79 Å². The van der Waals surface area contributed by atoms with Crippen LogP contribution in [-0.2, 0) is 0 Å². The van der Waals surface area contributed by atoms with E-state index in [1.54, 1.807) is 6.92 Å². The molecule has 0 bridgehead atoms. The highest BCUT2D eigenvalue weighted by atomic mass is 32.1. The second-order valence-electron chi connectivity index (χ2n) is 5.81. The molecule has 1 aliphatic rings. The zero-order valence-corrected chi connectivity index (χ0v) is 13.8. The molecule has 2 atom stereocenters. The smallest absolute Gasteiger partial charge is 0.267 e. The van der Waals surface area contributed by atoms with Gasteiger partial charge >= 0.3 is 0 Å². The van der Waals surface area contributed by atoms with Gasteiger partial charge in [-0.05, 0) is 24.0 Å². The van der Waals surface area contributed by atoms with Crippen molar-refractivity contribution in [3.63, 3.8) is 0 Å². The maximum absolute atomic E-state index is 12.8. The number of benzene rings is 1. The van der Waals surface area contributed by atoms with E-state index in [9.17, 15) is 4.79 Å². The molecular formula is C16H15N5O2S. The Hall–Kier alpha value is -2.61. The minimum atomic E-state index is -0.0329. The summed E-state index contributed by atoms with van der Waals surface area (Å²) in [6, 6.07) is 10.1. The molecule has 3 heterocycles. The quantitative estimate of drug-likeness (QED) is 0.726. The van der Waals surface area contributed by atoms with Crippen molar-refractivity contribution >= 4 is 17.4 Å². The van der Waals surface area contributed by atoms with E-state index in [1.165, 1.54) is 12.0 Å². The SMILES string of the molecule is Cc1nnsc1C(=O)N1C[C@H](c2ncon2)[C@H](c2ccccc2)C1. The lowest BCUT2D eigenvalue weighted by molar-refractivity contribution is 0.0792. The number of aryl methyl sites for hydroxylation is 1. The number of amides is 1. The van der Waals surface area contributed by atoms with Gasteiger partial charge in [0.2, 0.25) is 6.39 Å². The molecule has 1 fully saturated rings. The summed E-state index contributed by atoms with van der Waals surface area (Å²) >= 11 is 1.14. The zero-order chi connectivity index (χ0) is 16.5. The van der Waals surface area contributed by atoms with Crippen LogP contribution in [0.5, 0.6) is 0 Å². The Kier molecular flexibility index (Phi) is 3.81. The maximum atomic E-state index is 12.8. The molecule has 1 aromatic carbocycles. The fourth-order valence-electron chi connectivity index (χ4n) is 3.18. The van der Waals surface area contributed by atoms with Crippen LogP contribution in [-0.4, -0.2) is 43.6 Å². The summed E-state index contributed by atoms with van der Waals surface area (Å²) in [7, 11) is 0. The Labute approximate surface area is 142 Å². The molecule has 4 rings (SSSR count). The minimum Gasteiger partial charge on any atom is -0.343 e. The first-order valence-electron chi connectivity index (χ1n) is 7.63. The van der Waals surface area contributed by atoms with E-state index in [0.717, 1.165) is 11.5 Å². The second-order valence-corrected chi connectivity index (χ2v) is 6.56. The monoisotopic (exact) mass is 341 g/mol. The molecule has 122 valence electrons. The molecule has 0 spiro atoms. The lowest BCUT2D eigenvalue weighted by Crippen LogP contribution is -2.28. The van der Waals surface area contributed by atoms with Crippen molar-refractivity contribution in [1.82, 2.24) is 24.6 Å². The number of carbonyl (C=O) groups is 1. The topological polar surface area (TPSA) is 85.0 Å². The second kappa shape index (κ2) is 6.12. The van der Waals surface area contributed by atoms with Crippen molar-refractivity contribution in [3.8, 4) is 0 Å². The van der Waals surface area contributed by atoms with Gasteiger partial charge < -0.3 is 9.42 Å². The Balaban J connectivity index is 1.66. The van der Waals surface area contributed by atoms with Crippen LogP contribution in [0.4, 0.5) is 0 Å². The summed E-state index contributed by atoms with van der Waals surface area (Å²) < 4.78 is 8.78. The molecule has 0 radical (unpaired) electrons. The number of hydrogen-bond acceptors (Lipinski definition) is 7. The number of rotatable bonds is 3. The molecule has 1 saturated heterocycles. The summed E-state index contributed by atoms with van der Waals surface area (Å²) in [5.41, 5.74) is 1.84. The van der Waals surface area contributed by atoms with Gasteiger partial charge in [-0.2, -0.15) is 4.98 Å². The van der Waals surface area contributed by atoms with Crippen LogP contribution in [0.15, 0.2) is 41.2 Å². The number of hydrogen-bond donors (Lipinski definition) is 0. The summed E-state index contributed by atoms with van der Waals surface area (Å²) in [5, 5.41) is 7.94. The molecule has 2 aromatic heterocycles. The number of nitrogens with zero attached hydrogens (tertiary/aromatic N) is 5. The Bertz CT molecular complexity index is 833. The maximum Gasteiger partial charge on any atom is 0.267 e. The Morgan fingerprint density at radius 2 is 2.04 bits per heavy atom. The molecular weight excluding hydrogens is 326 g/mol. The molecule has 24 heavy (non-hydrogen) atoms.